The van der Waals surface area contributed by atoms with Crippen LogP contribution in [0.25, 0.3) is 0 Å². The fourth-order valence-corrected chi connectivity index (χ4v) is 0.947. The van der Waals surface area contributed by atoms with Gasteiger partial charge in [0, 0.05) is 13.2 Å². The Balaban J connectivity index is 4.36. The fraction of sp³-hybridized carbons (Fsp3) is 0.700. The molecule has 0 heterocycles. The van der Waals surface area contributed by atoms with Crippen LogP contribution in [0.1, 0.15) is 41.4 Å². The SMILES string of the molecule is [3H]C(CC=C)C(C)(C)C(=O)CC. The second kappa shape index (κ2) is 4.32. The third-order valence-corrected chi connectivity index (χ3v) is 1.83. The number of ketones is 1. The Bertz CT molecular complexity index is 173. The molecular weight excluding hydrogens is 136 g/mol. The minimum absolute atomic E-state index is 0.157. The lowest BCUT2D eigenvalue weighted by molar-refractivity contribution is -0.127. The van der Waals surface area contributed by atoms with E-state index in [2.05, 4.69) is 6.58 Å². The Hall–Kier alpha value is -0.590. The van der Waals surface area contributed by atoms with Crippen molar-refractivity contribution in [3.63, 3.8) is 0 Å². The standard InChI is InChI=1S/C10H18O/c1-5-7-8-10(3,4)9(11)6-2/h5H,1,6-8H2,2-4H3/i8T. The molecule has 0 rings (SSSR count). The maximum atomic E-state index is 11.4. The molecule has 0 fully saturated rings. The number of carbonyl (C=O) groups is 1. The zero-order chi connectivity index (χ0) is 9.78. The van der Waals surface area contributed by atoms with Gasteiger partial charge >= 0.3 is 0 Å². The molecule has 1 unspecified atom stereocenters. The van der Waals surface area contributed by atoms with Crippen molar-refractivity contribution in [3.8, 4) is 0 Å². The Kier molecular flexibility index (Phi) is 3.34. The monoisotopic (exact) mass is 156 g/mol. The summed E-state index contributed by atoms with van der Waals surface area (Å²) in [5.74, 6) is 0.157. The molecule has 0 aliphatic heterocycles. The molecule has 0 N–H and O–H groups in total. The molecular formula is C10H18O. The van der Waals surface area contributed by atoms with E-state index in [0.717, 1.165) is 0 Å². The van der Waals surface area contributed by atoms with Crippen LogP contribution in [-0.2, 0) is 4.79 Å². The van der Waals surface area contributed by atoms with Gasteiger partial charge in [0.25, 0.3) is 0 Å². The lowest BCUT2D eigenvalue weighted by atomic mass is 9.82. The van der Waals surface area contributed by atoms with Crippen LogP contribution < -0.4 is 0 Å². The van der Waals surface area contributed by atoms with Crippen molar-refractivity contribution < 1.29 is 6.17 Å². The summed E-state index contributed by atoms with van der Waals surface area (Å²) in [5.41, 5.74) is -0.525. The van der Waals surface area contributed by atoms with Gasteiger partial charge in [-0.25, -0.2) is 0 Å². The Morgan fingerprint density at radius 3 is 2.64 bits per heavy atom. The lowest BCUT2D eigenvalue weighted by Crippen LogP contribution is -2.22. The van der Waals surface area contributed by atoms with Crippen LogP contribution in [0.3, 0.4) is 0 Å². The van der Waals surface area contributed by atoms with E-state index < -0.39 is 5.41 Å². The smallest absolute Gasteiger partial charge is 0.138 e. The molecule has 1 nitrogen and oxygen atoms in total. The van der Waals surface area contributed by atoms with Gasteiger partial charge in [0.1, 0.15) is 5.78 Å². The molecule has 1 heteroatoms. The number of allylic oxidation sites excluding steroid dienone is 1. The van der Waals surface area contributed by atoms with Crippen molar-refractivity contribution >= 4 is 5.78 Å². The van der Waals surface area contributed by atoms with Crippen LogP contribution in [0.4, 0.5) is 0 Å². The Morgan fingerprint density at radius 1 is 1.73 bits per heavy atom. The summed E-state index contributed by atoms with van der Waals surface area (Å²) in [6.07, 6.45) is 2.43. The first-order valence-corrected chi connectivity index (χ1v) is 4.03. The molecule has 0 bridgehead atoms. The van der Waals surface area contributed by atoms with Gasteiger partial charge < -0.3 is 0 Å². The second-order valence-electron chi connectivity index (χ2n) is 3.23. The van der Waals surface area contributed by atoms with Crippen molar-refractivity contribution in [2.75, 3.05) is 0 Å². The highest BCUT2D eigenvalue weighted by Crippen LogP contribution is 2.24. The van der Waals surface area contributed by atoms with Crippen molar-refractivity contribution in [2.24, 2.45) is 5.41 Å². The highest BCUT2D eigenvalue weighted by atomic mass is 16.1. The Morgan fingerprint density at radius 2 is 2.27 bits per heavy atom. The third-order valence-electron chi connectivity index (χ3n) is 1.83. The summed E-state index contributed by atoms with van der Waals surface area (Å²) in [7, 11) is 0. The molecule has 0 aliphatic rings. The predicted molar refractivity (Wildman–Crippen MR) is 48.5 cm³/mol. The number of hydrogen-bond acceptors (Lipinski definition) is 1. The first-order chi connectivity index (χ1) is 5.46. The van der Waals surface area contributed by atoms with Crippen molar-refractivity contribution in [1.29, 1.82) is 0 Å². The summed E-state index contributed by atoms with van der Waals surface area (Å²) < 4.78 is 7.72. The first-order valence-electron chi connectivity index (χ1n) is 4.61. The maximum absolute atomic E-state index is 11.4. The van der Waals surface area contributed by atoms with Crippen LogP contribution >= 0.6 is 0 Å². The summed E-state index contributed by atoms with van der Waals surface area (Å²) in [5, 5.41) is 0. The zero-order valence-electron chi connectivity index (χ0n) is 8.68. The lowest BCUT2D eigenvalue weighted by Gasteiger charge is -2.21. The van der Waals surface area contributed by atoms with Crippen LogP contribution in [0, 0.1) is 5.41 Å². The maximum Gasteiger partial charge on any atom is 0.138 e. The van der Waals surface area contributed by atoms with Crippen molar-refractivity contribution in [3.05, 3.63) is 12.7 Å². The van der Waals surface area contributed by atoms with E-state index in [0.29, 0.717) is 12.8 Å². The summed E-state index contributed by atoms with van der Waals surface area (Å²) >= 11 is 0. The summed E-state index contributed by atoms with van der Waals surface area (Å²) in [4.78, 5) is 11.4. The molecule has 0 aliphatic carbocycles. The van der Waals surface area contributed by atoms with Crippen molar-refractivity contribution in [1.82, 2.24) is 0 Å². The first kappa shape index (κ1) is 8.51. The molecule has 1 atom stereocenters. The number of carbonyl (C=O) groups excluding carboxylic acids is 1. The van der Waals surface area contributed by atoms with Gasteiger partial charge in [-0.3, -0.25) is 4.79 Å². The molecule has 0 radical (unpaired) electrons. The van der Waals surface area contributed by atoms with E-state index in [9.17, 15) is 4.79 Å². The number of rotatable bonds is 5. The van der Waals surface area contributed by atoms with Gasteiger partial charge in [0.2, 0.25) is 0 Å². The van der Waals surface area contributed by atoms with Gasteiger partial charge in [-0.15, -0.1) is 6.58 Å². The van der Waals surface area contributed by atoms with Crippen LogP contribution in [-0.4, -0.2) is 5.78 Å². The summed E-state index contributed by atoms with van der Waals surface area (Å²) in [6, 6.07) is 0. The minimum Gasteiger partial charge on any atom is -0.299 e. The average molecular weight is 156 g/mol. The quantitative estimate of drug-likeness (QED) is 0.559. The fourth-order valence-electron chi connectivity index (χ4n) is 0.947. The molecule has 0 spiro atoms. The van der Waals surface area contributed by atoms with E-state index in [4.69, 9.17) is 1.37 Å². The number of hydrogen-bond donors (Lipinski definition) is 0. The van der Waals surface area contributed by atoms with Gasteiger partial charge in [0.15, 0.2) is 0 Å². The largest absolute Gasteiger partial charge is 0.299 e. The average Bonchev–Trinajstić information content (AvgIpc) is 2.03. The third kappa shape index (κ3) is 3.35. The van der Waals surface area contributed by atoms with Gasteiger partial charge in [0.05, 0.1) is 0 Å². The highest BCUT2D eigenvalue weighted by Gasteiger charge is 2.24. The van der Waals surface area contributed by atoms with Gasteiger partial charge in [-0.05, 0) is 12.8 Å². The summed E-state index contributed by atoms with van der Waals surface area (Å²) in [6.45, 7) is 9.07. The topological polar surface area (TPSA) is 17.1 Å². The molecule has 0 saturated heterocycles. The van der Waals surface area contributed by atoms with E-state index >= 15 is 0 Å². The predicted octanol–water partition coefficient (Wildman–Crippen LogP) is 2.96. The van der Waals surface area contributed by atoms with E-state index in [1.165, 1.54) is 0 Å². The zero-order valence-corrected chi connectivity index (χ0v) is 7.68. The molecule has 11 heavy (non-hydrogen) atoms. The van der Waals surface area contributed by atoms with Gasteiger partial charge in [-0.1, -0.05) is 26.8 Å². The molecule has 64 valence electrons. The molecule has 0 aromatic heterocycles. The van der Waals surface area contributed by atoms with Gasteiger partial charge in [-0.2, -0.15) is 0 Å². The van der Waals surface area contributed by atoms with Crippen LogP contribution in [0.5, 0.6) is 0 Å². The van der Waals surface area contributed by atoms with Crippen molar-refractivity contribution in [2.45, 2.75) is 40.0 Å². The molecule has 0 aromatic rings. The molecule has 0 saturated carbocycles. The minimum atomic E-state index is -0.525. The Labute approximate surface area is 70.9 Å². The highest BCUT2D eigenvalue weighted by molar-refractivity contribution is 5.83. The van der Waals surface area contributed by atoms with E-state index in [-0.39, 0.29) is 12.2 Å². The van der Waals surface area contributed by atoms with Crippen LogP contribution in [0.15, 0.2) is 12.7 Å². The molecule has 0 amide bonds. The van der Waals surface area contributed by atoms with E-state index in [1.807, 2.05) is 20.8 Å². The van der Waals surface area contributed by atoms with E-state index in [1.54, 1.807) is 6.08 Å². The number of Topliss-reactive ketones (excluding diaryl/α,β-unsaturated/α-hetero) is 1. The normalized spacial score (nSPS) is 15.4. The molecule has 0 aromatic carbocycles. The van der Waals surface area contributed by atoms with Crippen LogP contribution in [0.2, 0.25) is 0 Å². The second-order valence-corrected chi connectivity index (χ2v) is 3.23.